The van der Waals surface area contributed by atoms with Crippen LogP contribution in [0.2, 0.25) is 0 Å². The fourth-order valence-electron chi connectivity index (χ4n) is 2.45. The van der Waals surface area contributed by atoms with E-state index in [9.17, 15) is 18.4 Å². The van der Waals surface area contributed by atoms with Gasteiger partial charge in [0, 0.05) is 17.9 Å². The Bertz CT molecular complexity index is 823. The molecule has 0 atom stereocenters. The highest BCUT2D eigenvalue weighted by atomic mass is 19.3. The Labute approximate surface area is 138 Å². The molecule has 24 heavy (non-hydrogen) atoms. The van der Waals surface area contributed by atoms with Crippen LogP contribution in [0.4, 0.5) is 8.78 Å². The van der Waals surface area contributed by atoms with E-state index in [0.717, 1.165) is 11.6 Å². The maximum Gasteiger partial charge on any atom is 0.327 e. The van der Waals surface area contributed by atoms with Gasteiger partial charge in [0.2, 0.25) is 0 Å². The van der Waals surface area contributed by atoms with Crippen LogP contribution < -0.4 is 5.56 Å². The summed E-state index contributed by atoms with van der Waals surface area (Å²) >= 11 is 0. The molecule has 0 spiro atoms. The van der Waals surface area contributed by atoms with E-state index in [1.54, 1.807) is 6.92 Å². The van der Waals surface area contributed by atoms with Crippen molar-refractivity contribution in [2.45, 2.75) is 46.1 Å². The van der Waals surface area contributed by atoms with Crippen molar-refractivity contribution in [2.24, 2.45) is 0 Å². The molecule has 7 heteroatoms. The zero-order valence-corrected chi connectivity index (χ0v) is 14.1. The third-order valence-corrected chi connectivity index (χ3v) is 3.63. The van der Waals surface area contributed by atoms with Gasteiger partial charge in [-0.25, -0.2) is 13.5 Å². The van der Waals surface area contributed by atoms with Crippen molar-refractivity contribution in [3.63, 3.8) is 0 Å². The Hall–Kier alpha value is -2.31. The molecule has 1 aromatic carbocycles. The minimum Gasteiger partial charge on any atom is -0.465 e. The zero-order chi connectivity index (χ0) is 18.1. The molecule has 0 unspecified atom stereocenters. The van der Waals surface area contributed by atoms with Gasteiger partial charge in [-0.15, -0.1) is 0 Å². The highest BCUT2D eigenvalue weighted by Crippen LogP contribution is 2.30. The van der Waals surface area contributed by atoms with Gasteiger partial charge in [0.15, 0.2) is 0 Å². The number of benzene rings is 1. The van der Waals surface area contributed by atoms with Gasteiger partial charge in [0.05, 0.1) is 17.7 Å². The van der Waals surface area contributed by atoms with E-state index < -0.39 is 17.5 Å². The fraction of sp³-hybridized carbons (Fsp3) is 0.471. The molecule has 0 aliphatic rings. The smallest absolute Gasteiger partial charge is 0.327 e. The molecule has 0 N–H and O–H groups in total. The molecule has 0 saturated heterocycles. The summed E-state index contributed by atoms with van der Waals surface area (Å²) in [7, 11) is 0. The van der Waals surface area contributed by atoms with E-state index in [1.165, 1.54) is 18.2 Å². The Balaban J connectivity index is 2.68. The van der Waals surface area contributed by atoms with Gasteiger partial charge >= 0.3 is 5.97 Å². The predicted molar refractivity (Wildman–Crippen MR) is 86.3 cm³/mol. The van der Waals surface area contributed by atoms with Crippen molar-refractivity contribution >= 4 is 16.7 Å². The average molecular weight is 338 g/mol. The Morgan fingerprint density at radius 2 is 2.00 bits per heavy atom. The first-order valence-corrected chi connectivity index (χ1v) is 7.73. The van der Waals surface area contributed by atoms with Gasteiger partial charge in [0.1, 0.15) is 6.54 Å². The molecule has 0 fully saturated rings. The first kappa shape index (κ1) is 18.0. The van der Waals surface area contributed by atoms with Gasteiger partial charge in [-0.1, -0.05) is 19.9 Å². The molecule has 0 aliphatic heterocycles. The summed E-state index contributed by atoms with van der Waals surface area (Å²) in [4.78, 5) is 24.2. The summed E-state index contributed by atoms with van der Waals surface area (Å²) in [5.74, 6) is -3.69. The van der Waals surface area contributed by atoms with Crippen molar-refractivity contribution in [2.75, 3.05) is 6.61 Å². The van der Waals surface area contributed by atoms with Crippen molar-refractivity contribution < 1.29 is 18.3 Å². The molecule has 5 nitrogen and oxygen atoms in total. The predicted octanol–water partition coefficient (Wildman–Crippen LogP) is 3.19. The molecule has 2 rings (SSSR count). The largest absolute Gasteiger partial charge is 0.465 e. The third-order valence-electron chi connectivity index (χ3n) is 3.63. The molecular formula is C17H20F2N2O3. The summed E-state index contributed by atoms with van der Waals surface area (Å²) < 4.78 is 33.0. The number of ether oxygens (including phenoxy) is 1. The number of rotatable bonds is 5. The lowest BCUT2D eigenvalue weighted by Crippen LogP contribution is -2.29. The van der Waals surface area contributed by atoms with Gasteiger partial charge in [0.25, 0.3) is 11.5 Å². The minimum absolute atomic E-state index is 0.109. The standard InChI is InChI=1S/C17H20F2N2O3/c1-5-24-14(22)9-21-16(23)12-7-6-11(17(4,18)19)8-13(12)15(20-21)10(2)3/h6-8,10H,5,9H2,1-4H3. The van der Waals surface area contributed by atoms with Crippen LogP contribution in [0.3, 0.4) is 0 Å². The van der Waals surface area contributed by atoms with Crippen LogP contribution in [0, 0.1) is 0 Å². The number of carbonyl (C=O) groups excluding carboxylic acids is 1. The normalized spacial score (nSPS) is 12.0. The first-order chi connectivity index (χ1) is 11.1. The van der Waals surface area contributed by atoms with Crippen LogP contribution >= 0.6 is 0 Å². The van der Waals surface area contributed by atoms with E-state index >= 15 is 0 Å². The minimum atomic E-state index is -3.01. The number of halogens is 2. The molecule has 0 radical (unpaired) electrons. The maximum absolute atomic E-state index is 13.6. The quantitative estimate of drug-likeness (QED) is 0.786. The van der Waals surface area contributed by atoms with Crippen LogP contribution in [0.1, 0.15) is 44.9 Å². The number of nitrogens with zero attached hydrogens (tertiary/aromatic N) is 2. The Morgan fingerprint density at radius 3 is 2.54 bits per heavy atom. The van der Waals surface area contributed by atoms with E-state index in [-0.39, 0.29) is 30.0 Å². The van der Waals surface area contributed by atoms with Crippen LogP contribution in [-0.2, 0) is 22.0 Å². The Kier molecular flexibility index (Phi) is 5.01. The van der Waals surface area contributed by atoms with Gasteiger partial charge in [-0.2, -0.15) is 5.10 Å². The third kappa shape index (κ3) is 3.60. The molecule has 130 valence electrons. The van der Waals surface area contributed by atoms with Crippen LogP contribution in [-0.4, -0.2) is 22.4 Å². The maximum atomic E-state index is 13.6. The molecule has 1 heterocycles. The number of aromatic nitrogens is 2. The average Bonchev–Trinajstić information content (AvgIpc) is 2.48. The lowest BCUT2D eigenvalue weighted by molar-refractivity contribution is -0.144. The molecule has 0 amide bonds. The van der Waals surface area contributed by atoms with E-state index in [0.29, 0.717) is 11.1 Å². The number of alkyl halides is 2. The van der Waals surface area contributed by atoms with Crippen LogP contribution in [0.25, 0.3) is 10.8 Å². The Morgan fingerprint density at radius 1 is 1.33 bits per heavy atom. The number of esters is 1. The summed E-state index contributed by atoms with van der Waals surface area (Å²) in [5, 5.41) is 4.84. The van der Waals surface area contributed by atoms with Crippen molar-refractivity contribution in [1.82, 2.24) is 9.78 Å². The topological polar surface area (TPSA) is 61.2 Å². The lowest BCUT2D eigenvalue weighted by atomic mass is 9.99. The molecule has 0 bridgehead atoms. The summed E-state index contributed by atoms with van der Waals surface area (Å²) in [6.45, 7) is 6.05. The van der Waals surface area contributed by atoms with Crippen molar-refractivity contribution in [3.8, 4) is 0 Å². The van der Waals surface area contributed by atoms with E-state index in [2.05, 4.69) is 5.10 Å². The SMILES string of the molecule is CCOC(=O)Cn1nc(C(C)C)c2cc(C(C)(F)F)ccc2c1=O. The van der Waals surface area contributed by atoms with Crippen molar-refractivity contribution in [1.29, 1.82) is 0 Å². The zero-order valence-electron chi connectivity index (χ0n) is 14.1. The molecule has 0 aliphatic carbocycles. The van der Waals surface area contributed by atoms with Crippen LogP contribution in [0.5, 0.6) is 0 Å². The van der Waals surface area contributed by atoms with E-state index in [4.69, 9.17) is 4.74 Å². The fourth-order valence-corrected chi connectivity index (χ4v) is 2.45. The van der Waals surface area contributed by atoms with Crippen LogP contribution in [0.15, 0.2) is 23.0 Å². The first-order valence-electron chi connectivity index (χ1n) is 7.73. The highest BCUT2D eigenvalue weighted by Gasteiger charge is 2.26. The van der Waals surface area contributed by atoms with Gasteiger partial charge in [-0.05, 0) is 25.0 Å². The molecule has 1 aromatic heterocycles. The molecule has 2 aromatic rings. The second-order valence-electron chi connectivity index (χ2n) is 5.96. The number of fused-ring (bicyclic) bond motifs is 1. The molecule has 0 saturated carbocycles. The number of carbonyl (C=O) groups is 1. The summed E-state index contributed by atoms with van der Waals surface area (Å²) in [6.07, 6.45) is 0. The van der Waals surface area contributed by atoms with Gasteiger partial charge in [-0.3, -0.25) is 9.59 Å². The van der Waals surface area contributed by atoms with Crippen molar-refractivity contribution in [3.05, 3.63) is 39.8 Å². The van der Waals surface area contributed by atoms with E-state index in [1.807, 2.05) is 13.8 Å². The molecular weight excluding hydrogens is 318 g/mol. The highest BCUT2D eigenvalue weighted by molar-refractivity contribution is 5.85. The lowest BCUT2D eigenvalue weighted by Gasteiger charge is -2.16. The second-order valence-corrected chi connectivity index (χ2v) is 5.96. The van der Waals surface area contributed by atoms with Gasteiger partial charge < -0.3 is 4.74 Å². The number of hydrogen-bond donors (Lipinski definition) is 0. The number of hydrogen-bond acceptors (Lipinski definition) is 4. The summed E-state index contributed by atoms with van der Waals surface area (Å²) in [5.41, 5.74) is -0.199. The monoisotopic (exact) mass is 338 g/mol. The summed E-state index contributed by atoms with van der Waals surface area (Å²) in [6, 6.07) is 3.88. The second kappa shape index (κ2) is 6.67.